The number of nitrogens with zero attached hydrogens (tertiary/aromatic N) is 2. The van der Waals surface area contributed by atoms with Crippen LogP contribution >= 0.6 is 0 Å². The van der Waals surface area contributed by atoms with Crippen molar-refractivity contribution in [2.75, 3.05) is 16.8 Å². The van der Waals surface area contributed by atoms with Crippen LogP contribution < -0.4 is 10.2 Å². The highest BCUT2D eigenvalue weighted by molar-refractivity contribution is 6.02. The molecule has 0 aliphatic heterocycles. The van der Waals surface area contributed by atoms with E-state index in [0.717, 1.165) is 16.8 Å². The molecule has 26 heavy (non-hydrogen) atoms. The molecule has 5 heteroatoms. The average Bonchev–Trinajstić information content (AvgIpc) is 2.61. The minimum atomic E-state index is -0.279. The van der Waals surface area contributed by atoms with E-state index in [-0.39, 0.29) is 24.3 Å². The topological polar surface area (TPSA) is 73.2 Å². The SMILES string of the molecule is CC(=O)N(CC(=O)Nc1c(C)cccc1C(C)C)c1cccc(C#N)c1. The maximum absolute atomic E-state index is 12.6. The summed E-state index contributed by atoms with van der Waals surface area (Å²) in [5.41, 5.74) is 3.79. The summed E-state index contributed by atoms with van der Waals surface area (Å²) in [5, 5.41) is 12.0. The van der Waals surface area contributed by atoms with Gasteiger partial charge in [-0.1, -0.05) is 38.1 Å². The van der Waals surface area contributed by atoms with Crippen LogP contribution in [0, 0.1) is 18.3 Å². The monoisotopic (exact) mass is 349 g/mol. The van der Waals surface area contributed by atoms with Gasteiger partial charge >= 0.3 is 0 Å². The van der Waals surface area contributed by atoms with Gasteiger partial charge in [-0.2, -0.15) is 5.26 Å². The molecule has 2 aromatic carbocycles. The molecule has 0 heterocycles. The predicted octanol–water partition coefficient (Wildman–Crippen LogP) is 3.98. The van der Waals surface area contributed by atoms with Crippen molar-refractivity contribution in [2.45, 2.75) is 33.6 Å². The molecule has 0 atom stereocenters. The Balaban J connectivity index is 2.25. The van der Waals surface area contributed by atoms with Crippen LogP contribution in [0.3, 0.4) is 0 Å². The highest BCUT2D eigenvalue weighted by Crippen LogP contribution is 2.27. The van der Waals surface area contributed by atoms with Crippen LogP contribution in [-0.4, -0.2) is 18.4 Å². The molecule has 0 aromatic heterocycles. The van der Waals surface area contributed by atoms with Crippen LogP contribution in [0.1, 0.15) is 43.4 Å². The van der Waals surface area contributed by atoms with Crippen molar-refractivity contribution < 1.29 is 9.59 Å². The van der Waals surface area contributed by atoms with E-state index in [2.05, 4.69) is 19.2 Å². The molecule has 0 aliphatic carbocycles. The Labute approximate surface area is 154 Å². The fourth-order valence-corrected chi connectivity index (χ4v) is 2.79. The molecule has 2 aromatic rings. The number of hydrogen-bond acceptors (Lipinski definition) is 3. The lowest BCUT2D eigenvalue weighted by Gasteiger charge is -2.22. The molecule has 0 saturated heterocycles. The third-order valence-electron chi connectivity index (χ3n) is 4.16. The maximum Gasteiger partial charge on any atom is 0.244 e. The second-order valence-corrected chi connectivity index (χ2v) is 6.51. The molecule has 2 rings (SSSR count). The second-order valence-electron chi connectivity index (χ2n) is 6.51. The maximum atomic E-state index is 12.6. The van der Waals surface area contributed by atoms with E-state index in [1.54, 1.807) is 24.3 Å². The summed E-state index contributed by atoms with van der Waals surface area (Å²) < 4.78 is 0. The summed E-state index contributed by atoms with van der Waals surface area (Å²) in [6.07, 6.45) is 0. The van der Waals surface area contributed by atoms with Crippen LogP contribution in [0.4, 0.5) is 11.4 Å². The van der Waals surface area contributed by atoms with E-state index in [1.807, 2.05) is 31.2 Å². The van der Waals surface area contributed by atoms with Gasteiger partial charge in [0.2, 0.25) is 11.8 Å². The first-order chi connectivity index (χ1) is 12.3. The Kier molecular flexibility index (Phi) is 6.13. The number of carbonyl (C=O) groups is 2. The number of carbonyl (C=O) groups excluding carboxylic acids is 2. The molecule has 0 fully saturated rings. The highest BCUT2D eigenvalue weighted by Gasteiger charge is 2.18. The number of para-hydroxylation sites is 1. The number of amides is 2. The number of rotatable bonds is 5. The Hall–Kier alpha value is -3.13. The summed E-state index contributed by atoms with van der Waals surface area (Å²) in [4.78, 5) is 26.0. The van der Waals surface area contributed by atoms with Crippen LogP contribution in [0.15, 0.2) is 42.5 Å². The van der Waals surface area contributed by atoms with Crippen molar-refractivity contribution in [2.24, 2.45) is 0 Å². The van der Waals surface area contributed by atoms with Crippen molar-refractivity contribution in [3.63, 3.8) is 0 Å². The van der Waals surface area contributed by atoms with E-state index in [9.17, 15) is 9.59 Å². The zero-order valence-electron chi connectivity index (χ0n) is 15.5. The smallest absolute Gasteiger partial charge is 0.244 e. The second kappa shape index (κ2) is 8.30. The number of aryl methyl sites for hydroxylation is 1. The molecule has 0 radical (unpaired) electrons. The third-order valence-corrected chi connectivity index (χ3v) is 4.16. The molecular weight excluding hydrogens is 326 g/mol. The number of benzene rings is 2. The molecule has 134 valence electrons. The van der Waals surface area contributed by atoms with E-state index in [4.69, 9.17) is 5.26 Å². The lowest BCUT2D eigenvalue weighted by molar-refractivity contribution is -0.120. The van der Waals surface area contributed by atoms with Crippen LogP contribution in [0.25, 0.3) is 0 Å². The molecule has 0 unspecified atom stereocenters. The third kappa shape index (κ3) is 4.48. The van der Waals surface area contributed by atoms with Gasteiger partial charge in [-0.15, -0.1) is 0 Å². The van der Waals surface area contributed by atoms with Crippen molar-refractivity contribution in [3.05, 3.63) is 59.2 Å². The molecular formula is C21H23N3O2. The summed E-state index contributed by atoms with van der Waals surface area (Å²) in [7, 11) is 0. The fraction of sp³-hybridized carbons (Fsp3) is 0.286. The molecule has 0 spiro atoms. The van der Waals surface area contributed by atoms with E-state index in [1.165, 1.54) is 11.8 Å². The number of nitriles is 1. The average molecular weight is 349 g/mol. The molecule has 0 saturated carbocycles. The van der Waals surface area contributed by atoms with E-state index in [0.29, 0.717) is 11.3 Å². The molecule has 2 amide bonds. The Morgan fingerprint density at radius 1 is 1.19 bits per heavy atom. The van der Waals surface area contributed by atoms with Gasteiger partial charge < -0.3 is 10.2 Å². The van der Waals surface area contributed by atoms with Gasteiger partial charge in [-0.3, -0.25) is 9.59 Å². The standard InChI is InChI=1S/C21H23N3O2/c1-14(2)19-10-5-7-15(3)21(19)23-20(26)13-24(16(4)25)18-9-6-8-17(11-18)12-22/h5-11,14H,13H2,1-4H3,(H,23,26). The van der Waals surface area contributed by atoms with Crippen molar-refractivity contribution in [1.29, 1.82) is 5.26 Å². The Morgan fingerprint density at radius 3 is 2.50 bits per heavy atom. The summed E-state index contributed by atoms with van der Waals surface area (Å²) in [6, 6.07) is 14.6. The summed E-state index contributed by atoms with van der Waals surface area (Å²) >= 11 is 0. The lowest BCUT2D eigenvalue weighted by atomic mass is 9.98. The zero-order chi connectivity index (χ0) is 19.3. The van der Waals surface area contributed by atoms with Gasteiger partial charge in [0.05, 0.1) is 11.6 Å². The first-order valence-electron chi connectivity index (χ1n) is 8.51. The minimum absolute atomic E-state index is 0.115. The van der Waals surface area contributed by atoms with Crippen LogP contribution in [0.2, 0.25) is 0 Å². The molecule has 0 bridgehead atoms. The van der Waals surface area contributed by atoms with Gasteiger partial charge in [0.1, 0.15) is 6.54 Å². The molecule has 1 N–H and O–H groups in total. The highest BCUT2D eigenvalue weighted by atomic mass is 16.2. The lowest BCUT2D eigenvalue weighted by Crippen LogP contribution is -2.37. The fourth-order valence-electron chi connectivity index (χ4n) is 2.79. The van der Waals surface area contributed by atoms with Gasteiger partial charge in [-0.25, -0.2) is 0 Å². The first-order valence-corrected chi connectivity index (χ1v) is 8.51. The minimum Gasteiger partial charge on any atom is -0.324 e. The Bertz CT molecular complexity index is 866. The quantitative estimate of drug-likeness (QED) is 0.887. The van der Waals surface area contributed by atoms with Crippen molar-refractivity contribution >= 4 is 23.2 Å². The van der Waals surface area contributed by atoms with Gasteiger partial charge in [-0.05, 0) is 42.2 Å². The van der Waals surface area contributed by atoms with Gasteiger partial charge in [0.25, 0.3) is 0 Å². The van der Waals surface area contributed by atoms with Crippen molar-refractivity contribution in [3.8, 4) is 6.07 Å². The van der Waals surface area contributed by atoms with E-state index >= 15 is 0 Å². The van der Waals surface area contributed by atoms with Crippen molar-refractivity contribution in [1.82, 2.24) is 0 Å². The Morgan fingerprint density at radius 2 is 1.88 bits per heavy atom. The van der Waals surface area contributed by atoms with E-state index < -0.39 is 0 Å². The molecule has 0 aliphatic rings. The summed E-state index contributed by atoms with van der Waals surface area (Å²) in [5.74, 6) is -0.274. The zero-order valence-corrected chi connectivity index (χ0v) is 15.5. The van der Waals surface area contributed by atoms with Gasteiger partial charge in [0.15, 0.2) is 0 Å². The summed E-state index contributed by atoms with van der Waals surface area (Å²) in [6.45, 7) is 7.37. The first kappa shape index (κ1) is 19.2. The number of hydrogen-bond donors (Lipinski definition) is 1. The van der Waals surface area contributed by atoms with Gasteiger partial charge in [0, 0.05) is 18.3 Å². The number of nitrogens with one attached hydrogen (secondary N) is 1. The van der Waals surface area contributed by atoms with Crippen LogP contribution in [-0.2, 0) is 9.59 Å². The van der Waals surface area contributed by atoms with Crippen LogP contribution in [0.5, 0.6) is 0 Å². The largest absolute Gasteiger partial charge is 0.324 e. The predicted molar refractivity (Wildman–Crippen MR) is 103 cm³/mol. The molecule has 5 nitrogen and oxygen atoms in total. The normalized spacial score (nSPS) is 10.3. The number of anilines is 2.